The molecule has 0 radical (unpaired) electrons. The van der Waals surface area contributed by atoms with E-state index in [2.05, 4.69) is 29.0 Å². The largest absolute Gasteiger partial charge is 0.465 e. The summed E-state index contributed by atoms with van der Waals surface area (Å²) in [5.74, 6) is -0.341. The summed E-state index contributed by atoms with van der Waals surface area (Å²) in [6, 6.07) is 8.76. The maximum absolute atomic E-state index is 12.2. The predicted molar refractivity (Wildman–Crippen MR) is 86.2 cm³/mol. The van der Waals surface area contributed by atoms with E-state index in [1.54, 1.807) is 28.9 Å². The number of rotatable bonds is 5. The van der Waals surface area contributed by atoms with Gasteiger partial charge in [0, 0.05) is 19.3 Å². The fourth-order valence-corrected chi connectivity index (χ4v) is 2.33. The molecular formula is C17H21N3O3. The van der Waals surface area contributed by atoms with Crippen LogP contribution in [-0.2, 0) is 18.3 Å². The number of methoxy groups -OCH3 is 1. The van der Waals surface area contributed by atoms with Crippen molar-refractivity contribution in [1.82, 2.24) is 15.1 Å². The minimum atomic E-state index is -0.399. The van der Waals surface area contributed by atoms with Crippen LogP contribution in [0.3, 0.4) is 0 Å². The molecule has 0 atom stereocenters. The van der Waals surface area contributed by atoms with E-state index in [-0.39, 0.29) is 5.91 Å². The van der Waals surface area contributed by atoms with Crippen LogP contribution in [0.5, 0.6) is 0 Å². The molecule has 0 aliphatic carbocycles. The van der Waals surface area contributed by atoms with Crippen LogP contribution in [0.15, 0.2) is 30.3 Å². The second kappa shape index (κ2) is 7.09. The summed E-state index contributed by atoms with van der Waals surface area (Å²) in [4.78, 5) is 23.7. The molecule has 2 rings (SSSR count). The molecule has 6 heteroatoms. The molecule has 1 aromatic carbocycles. The molecule has 6 nitrogen and oxygen atoms in total. The number of carbonyl (C=O) groups is 2. The number of ether oxygens (including phenoxy) is 1. The zero-order valence-corrected chi connectivity index (χ0v) is 13.8. The van der Waals surface area contributed by atoms with Gasteiger partial charge in [0.25, 0.3) is 5.91 Å². The third-order valence-corrected chi connectivity index (χ3v) is 3.54. The molecule has 0 aliphatic rings. The number of esters is 1. The van der Waals surface area contributed by atoms with Crippen LogP contribution in [0.1, 0.15) is 51.9 Å². The number of nitrogens with one attached hydrogen (secondary N) is 1. The standard InChI is InChI=1S/C17H21N3O3/c1-11(2)15-9-14(19-20(15)3)16(21)18-10-12-6-5-7-13(8-12)17(22)23-4/h5-9,11H,10H2,1-4H3,(H,18,21). The minimum absolute atomic E-state index is 0.240. The second-order valence-corrected chi connectivity index (χ2v) is 5.61. The monoisotopic (exact) mass is 315 g/mol. The van der Waals surface area contributed by atoms with Gasteiger partial charge in [0.2, 0.25) is 0 Å². The number of amides is 1. The van der Waals surface area contributed by atoms with Crippen LogP contribution in [0.25, 0.3) is 0 Å². The molecule has 1 N–H and O–H groups in total. The van der Waals surface area contributed by atoms with Crippen LogP contribution in [-0.4, -0.2) is 28.8 Å². The van der Waals surface area contributed by atoms with Gasteiger partial charge in [-0.15, -0.1) is 0 Å². The molecule has 2 aromatic rings. The highest BCUT2D eigenvalue weighted by Gasteiger charge is 2.14. The highest BCUT2D eigenvalue weighted by atomic mass is 16.5. The van der Waals surface area contributed by atoms with E-state index in [1.165, 1.54) is 7.11 Å². The summed E-state index contributed by atoms with van der Waals surface area (Å²) in [6.07, 6.45) is 0. The Labute approximate surface area is 135 Å². The Kier molecular flexibility index (Phi) is 5.16. The first-order valence-electron chi connectivity index (χ1n) is 7.41. The molecular weight excluding hydrogens is 294 g/mol. The third kappa shape index (κ3) is 3.97. The average molecular weight is 315 g/mol. The normalized spacial score (nSPS) is 10.7. The van der Waals surface area contributed by atoms with Crippen molar-refractivity contribution in [3.8, 4) is 0 Å². The van der Waals surface area contributed by atoms with Crippen LogP contribution in [0, 0.1) is 0 Å². The van der Waals surface area contributed by atoms with E-state index in [1.807, 2.05) is 13.1 Å². The van der Waals surface area contributed by atoms with Crippen LogP contribution >= 0.6 is 0 Å². The van der Waals surface area contributed by atoms with Crippen LogP contribution in [0.2, 0.25) is 0 Å². The van der Waals surface area contributed by atoms with Crippen molar-refractivity contribution in [2.24, 2.45) is 7.05 Å². The summed E-state index contributed by atoms with van der Waals surface area (Å²) < 4.78 is 6.41. The van der Waals surface area contributed by atoms with Crippen molar-refractivity contribution >= 4 is 11.9 Å². The van der Waals surface area contributed by atoms with Crippen molar-refractivity contribution in [1.29, 1.82) is 0 Å². The van der Waals surface area contributed by atoms with Crippen LogP contribution in [0.4, 0.5) is 0 Å². The second-order valence-electron chi connectivity index (χ2n) is 5.61. The number of aryl methyl sites for hydroxylation is 1. The highest BCUT2D eigenvalue weighted by Crippen LogP contribution is 2.14. The molecule has 23 heavy (non-hydrogen) atoms. The lowest BCUT2D eigenvalue weighted by atomic mass is 10.1. The van der Waals surface area contributed by atoms with Crippen LogP contribution < -0.4 is 5.32 Å². The zero-order valence-electron chi connectivity index (χ0n) is 13.8. The maximum Gasteiger partial charge on any atom is 0.337 e. The molecule has 0 aliphatic heterocycles. The number of benzene rings is 1. The summed E-state index contributed by atoms with van der Waals surface area (Å²) in [5, 5.41) is 7.05. The number of carbonyl (C=O) groups excluding carboxylic acids is 2. The molecule has 0 bridgehead atoms. The minimum Gasteiger partial charge on any atom is -0.465 e. The molecule has 1 heterocycles. The number of aromatic nitrogens is 2. The smallest absolute Gasteiger partial charge is 0.337 e. The van der Waals surface area contributed by atoms with E-state index >= 15 is 0 Å². The summed E-state index contributed by atoms with van der Waals surface area (Å²) in [7, 11) is 3.16. The SMILES string of the molecule is COC(=O)c1cccc(CNC(=O)c2cc(C(C)C)n(C)n2)c1. The van der Waals surface area contributed by atoms with Gasteiger partial charge in [-0.1, -0.05) is 26.0 Å². The highest BCUT2D eigenvalue weighted by molar-refractivity contribution is 5.92. The van der Waals surface area contributed by atoms with E-state index in [0.717, 1.165) is 11.3 Å². The van der Waals surface area contributed by atoms with Crippen molar-refractivity contribution in [2.75, 3.05) is 7.11 Å². The number of hydrogen-bond donors (Lipinski definition) is 1. The Balaban J connectivity index is 2.04. The van der Waals surface area contributed by atoms with Gasteiger partial charge in [-0.3, -0.25) is 9.48 Å². The molecule has 1 amide bonds. The van der Waals surface area contributed by atoms with Gasteiger partial charge in [-0.25, -0.2) is 4.79 Å². The number of hydrogen-bond acceptors (Lipinski definition) is 4. The zero-order chi connectivity index (χ0) is 17.0. The Morgan fingerprint density at radius 1 is 1.30 bits per heavy atom. The maximum atomic E-state index is 12.2. The molecule has 122 valence electrons. The van der Waals surface area contributed by atoms with Gasteiger partial charge in [0.15, 0.2) is 0 Å². The molecule has 0 fully saturated rings. The van der Waals surface area contributed by atoms with Crippen molar-refractivity contribution < 1.29 is 14.3 Å². The average Bonchev–Trinajstić information content (AvgIpc) is 2.94. The first-order chi connectivity index (χ1) is 10.9. The lowest BCUT2D eigenvalue weighted by Crippen LogP contribution is -2.23. The fraction of sp³-hybridized carbons (Fsp3) is 0.353. The van der Waals surface area contributed by atoms with Gasteiger partial charge in [-0.2, -0.15) is 5.10 Å². The molecule has 0 spiro atoms. The van der Waals surface area contributed by atoms with Crippen molar-refractivity contribution in [2.45, 2.75) is 26.3 Å². The predicted octanol–water partition coefficient (Wildman–Crippen LogP) is 2.26. The fourth-order valence-electron chi connectivity index (χ4n) is 2.33. The number of nitrogens with zero attached hydrogens (tertiary/aromatic N) is 2. The van der Waals surface area contributed by atoms with Crippen molar-refractivity contribution in [3.63, 3.8) is 0 Å². The van der Waals surface area contributed by atoms with E-state index in [0.29, 0.717) is 23.7 Å². The summed E-state index contributed by atoms with van der Waals surface area (Å²) >= 11 is 0. The van der Waals surface area contributed by atoms with Crippen molar-refractivity contribution in [3.05, 3.63) is 52.8 Å². The Hall–Kier alpha value is -2.63. The first kappa shape index (κ1) is 16.7. The Morgan fingerprint density at radius 2 is 2.04 bits per heavy atom. The van der Waals surface area contributed by atoms with Gasteiger partial charge in [-0.05, 0) is 29.7 Å². The summed E-state index contributed by atoms with van der Waals surface area (Å²) in [6.45, 7) is 4.42. The third-order valence-electron chi connectivity index (χ3n) is 3.54. The van der Waals surface area contributed by atoms with E-state index < -0.39 is 5.97 Å². The van der Waals surface area contributed by atoms with Gasteiger partial charge < -0.3 is 10.1 Å². The van der Waals surface area contributed by atoms with Gasteiger partial charge in [0.1, 0.15) is 5.69 Å². The lowest BCUT2D eigenvalue weighted by Gasteiger charge is -2.05. The van der Waals surface area contributed by atoms with E-state index in [4.69, 9.17) is 0 Å². The molecule has 1 aromatic heterocycles. The van der Waals surface area contributed by atoms with E-state index in [9.17, 15) is 9.59 Å². The van der Waals surface area contributed by atoms with Gasteiger partial charge in [0.05, 0.1) is 12.7 Å². The van der Waals surface area contributed by atoms with Gasteiger partial charge >= 0.3 is 5.97 Å². The Bertz CT molecular complexity index is 720. The Morgan fingerprint density at radius 3 is 2.65 bits per heavy atom. The lowest BCUT2D eigenvalue weighted by molar-refractivity contribution is 0.0600. The molecule has 0 saturated heterocycles. The topological polar surface area (TPSA) is 73.2 Å². The summed E-state index contributed by atoms with van der Waals surface area (Å²) in [5.41, 5.74) is 2.67. The first-order valence-corrected chi connectivity index (χ1v) is 7.41. The quantitative estimate of drug-likeness (QED) is 0.859. The molecule has 0 unspecified atom stereocenters. The molecule has 0 saturated carbocycles.